The van der Waals surface area contributed by atoms with Crippen LogP contribution in [0.1, 0.15) is 22.5 Å². The molecule has 27 heavy (non-hydrogen) atoms. The number of hydrogen-bond acceptors (Lipinski definition) is 4. The summed E-state index contributed by atoms with van der Waals surface area (Å²) in [7, 11) is 1.72. The van der Waals surface area contributed by atoms with Crippen LogP contribution in [-0.4, -0.2) is 43.4 Å². The van der Waals surface area contributed by atoms with Crippen LogP contribution in [0.5, 0.6) is 0 Å². The average Bonchev–Trinajstić information content (AvgIpc) is 3.34. The third kappa shape index (κ3) is 2.58. The molecule has 0 aromatic carbocycles. The first-order chi connectivity index (χ1) is 13.1. The highest BCUT2D eigenvalue weighted by molar-refractivity contribution is 5.94. The summed E-state index contributed by atoms with van der Waals surface area (Å²) in [6, 6.07) is 7.47. The van der Waals surface area contributed by atoms with Crippen molar-refractivity contribution in [3.8, 4) is 0 Å². The van der Waals surface area contributed by atoms with Crippen molar-refractivity contribution < 1.29 is 4.79 Å². The first-order valence-electron chi connectivity index (χ1n) is 9.06. The molecule has 1 saturated heterocycles. The van der Waals surface area contributed by atoms with Gasteiger partial charge in [0.05, 0.1) is 16.8 Å². The molecule has 2 unspecified atom stereocenters. The number of carbonyl (C=O) groups is 1. The first-order valence-corrected chi connectivity index (χ1v) is 9.06. The summed E-state index contributed by atoms with van der Waals surface area (Å²) in [6.07, 6.45) is 6.45. The fraction of sp³-hybridized carbons (Fsp3) is 0.300. The van der Waals surface area contributed by atoms with Crippen LogP contribution in [0.3, 0.4) is 0 Å². The molecule has 2 aliphatic rings. The normalized spacial score (nSPS) is 21.5. The highest BCUT2D eigenvalue weighted by atomic mass is 16.2. The van der Waals surface area contributed by atoms with E-state index in [0.29, 0.717) is 23.0 Å². The zero-order valence-electron chi connectivity index (χ0n) is 14.9. The van der Waals surface area contributed by atoms with Crippen LogP contribution in [-0.2, 0) is 7.05 Å². The van der Waals surface area contributed by atoms with Gasteiger partial charge in [0, 0.05) is 32.5 Å². The van der Waals surface area contributed by atoms with E-state index in [4.69, 9.17) is 0 Å². The van der Waals surface area contributed by atoms with Crippen LogP contribution in [0.25, 0.3) is 16.7 Å². The molecule has 1 aliphatic carbocycles. The fourth-order valence-corrected chi connectivity index (χ4v) is 4.21. The number of allylic oxidation sites excluding steroid dienone is 1. The second kappa shape index (κ2) is 5.90. The van der Waals surface area contributed by atoms with Crippen molar-refractivity contribution in [2.45, 2.75) is 6.42 Å². The Kier molecular flexibility index (Phi) is 3.50. The van der Waals surface area contributed by atoms with Crippen LogP contribution < -0.4 is 5.69 Å². The summed E-state index contributed by atoms with van der Waals surface area (Å²) >= 11 is 0. The van der Waals surface area contributed by atoms with E-state index in [0.717, 1.165) is 30.7 Å². The number of likely N-dealkylation sites (tertiary alicyclic amines) is 1. The Morgan fingerprint density at radius 3 is 2.93 bits per heavy atom. The van der Waals surface area contributed by atoms with Crippen LogP contribution in [0.15, 0.2) is 47.5 Å². The van der Waals surface area contributed by atoms with Gasteiger partial charge in [-0.25, -0.2) is 9.78 Å². The van der Waals surface area contributed by atoms with Crippen molar-refractivity contribution in [1.29, 1.82) is 0 Å². The van der Waals surface area contributed by atoms with Crippen LogP contribution in [0.2, 0.25) is 0 Å². The molecule has 3 aromatic rings. The lowest BCUT2D eigenvalue weighted by Crippen LogP contribution is -2.29. The number of H-pyrrole nitrogens is 1. The summed E-state index contributed by atoms with van der Waals surface area (Å²) in [4.78, 5) is 37.8. The average molecular weight is 361 g/mol. The third-order valence-corrected chi connectivity index (χ3v) is 5.65. The van der Waals surface area contributed by atoms with Gasteiger partial charge >= 0.3 is 5.69 Å². The number of aromatic amines is 1. The number of aromatic nitrogens is 4. The smallest absolute Gasteiger partial charge is 0.327 e. The van der Waals surface area contributed by atoms with Crippen molar-refractivity contribution in [3.63, 3.8) is 0 Å². The number of pyridine rings is 2. The van der Waals surface area contributed by atoms with Crippen molar-refractivity contribution >= 4 is 22.6 Å². The Morgan fingerprint density at radius 2 is 2.15 bits per heavy atom. The molecule has 0 bridgehead atoms. The van der Waals surface area contributed by atoms with Gasteiger partial charge in [-0.05, 0) is 48.1 Å². The maximum atomic E-state index is 12.6. The van der Waals surface area contributed by atoms with Crippen LogP contribution in [0.4, 0.5) is 0 Å². The van der Waals surface area contributed by atoms with E-state index < -0.39 is 0 Å². The number of nitrogens with one attached hydrogen (secondary N) is 1. The van der Waals surface area contributed by atoms with Crippen molar-refractivity contribution in [2.24, 2.45) is 18.9 Å². The molecule has 136 valence electrons. The standard InChI is InChI=1S/C20H19N5O2/c1-24-18-17(23-20(24)27)5-4-16(22-18)13-7-14-10-25(11-15(14)8-13)19(26)12-3-2-6-21-9-12/h2-7,9,14-15H,8,10-11H2,1H3,(H,23,27). The van der Waals surface area contributed by atoms with Crippen molar-refractivity contribution in [1.82, 2.24) is 24.4 Å². The lowest BCUT2D eigenvalue weighted by Gasteiger charge is -2.17. The van der Waals surface area contributed by atoms with Crippen molar-refractivity contribution in [2.75, 3.05) is 13.1 Å². The molecule has 1 amide bonds. The molecule has 1 N–H and O–H groups in total. The molecular formula is C20H19N5O2. The summed E-state index contributed by atoms with van der Waals surface area (Å²) in [6.45, 7) is 1.48. The van der Waals surface area contributed by atoms with Gasteiger partial charge in [0.1, 0.15) is 0 Å². The maximum Gasteiger partial charge on any atom is 0.327 e. The summed E-state index contributed by atoms with van der Waals surface area (Å²) in [5.41, 5.74) is 4.02. The maximum absolute atomic E-state index is 12.6. The number of carbonyl (C=O) groups excluding carboxylic acids is 1. The second-order valence-corrected chi connectivity index (χ2v) is 7.33. The number of rotatable bonds is 2. The lowest BCUT2D eigenvalue weighted by molar-refractivity contribution is 0.0784. The molecule has 0 spiro atoms. The van der Waals surface area contributed by atoms with Gasteiger partial charge in [0.25, 0.3) is 5.91 Å². The number of imidazole rings is 1. The van der Waals surface area contributed by atoms with Gasteiger partial charge in [0.15, 0.2) is 5.65 Å². The SMILES string of the molecule is Cn1c(=O)[nH]c2ccc(C3=CC4CN(C(=O)c5cccnc5)CC4C3)nc21. The Hall–Kier alpha value is -3.22. The van der Waals surface area contributed by atoms with E-state index >= 15 is 0 Å². The minimum absolute atomic E-state index is 0.0503. The number of nitrogens with zero attached hydrogens (tertiary/aromatic N) is 4. The molecule has 7 nitrogen and oxygen atoms in total. The minimum atomic E-state index is -0.156. The highest BCUT2D eigenvalue weighted by Gasteiger charge is 2.38. The second-order valence-electron chi connectivity index (χ2n) is 7.33. The van der Waals surface area contributed by atoms with Gasteiger partial charge in [-0.15, -0.1) is 0 Å². The molecule has 2 atom stereocenters. The van der Waals surface area contributed by atoms with E-state index in [1.165, 1.54) is 10.1 Å². The van der Waals surface area contributed by atoms with Gasteiger partial charge in [-0.1, -0.05) is 6.08 Å². The lowest BCUT2D eigenvalue weighted by atomic mass is 9.99. The Labute approximate surface area is 155 Å². The topological polar surface area (TPSA) is 83.9 Å². The van der Waals surface area contributed by atoms with E-state index in [2.05, 4.69) is 21.0 Å². The number of amides is 1. The molecule has 1 aliphatic heterocycles. The Morgan fingerprint density at radius 1 is 1.26 bits per heavy atom. The molecule has 0 saturated carbocycles. The van der Waals surface area contributed by atoms with Gasteiger partial charge in [-0.3, -0.25) is 14.3 Å². The zero-order valence-corrected chi connectivity index (χ0v) is 14.9. The monoisotopic (exact) mass is 361 g/mol. The van der Waals surface area contributed by atoms with Crippen LogP contribution in [0, 0.1) is 11.8 Å². The third-order valence-electron chi connectivity index (χ3n) is 5.65. The van der Waals surface area contributed by atoms with Gasteiger partial charge in [0.2, 0.25) is 0 Å². The number of hydrogen-bond donors (Lipinski definition) is 1. The molecular weight excluding hydrogens is 342 g/mol. The predicted octanol–water partition coefficient (Wildman–Crippen LogP) is 1.83. The van der Waals surface area contributed by atoms with E-state index in [-0.39, 0.29) is 11.6 Å². The first kappa shape index (κ1) is 16.0. The largest absolute Gasteiger partial charge is 0.338 e. The fourth-order valence-electron chi connectivity index (χ4n) is 4.21. The molecule has 5 rings (SSSR count). The van der Waals surface area contributed by atoms with Gasteiger partial charge < -0.3 is 9.88 Å². The highest BCUT2D eigenvalue weighted by Crippen LogP contribution is 2.41. The molecule has 7 heteroatoms. The Bertz CT molecular complexity index is 1130. The number of aryl methyl sites for hydroxylation is 1. The summed E-state index contributed by atoms with van der Waals surface area (Å²) < 4.78 is 1.53. The van der Waals surface area contributed by atoms with E-state index in [9.17, 15) is 9.59 Å². The molecule has 4 heterocycles. The van der Waals surface area contributed by atoms with E-state index in [1.807, 2.05) is 23.1 Å². The van der Waals surface area contributed by atoms with E-state index in [1.54, 1.807) is 25.5 Å². The molecule has 1 fully saturated rings. The zero-order chi connectivity index (χ0) is 18.5. The van der Waals surface area contributed by atoms with Gasteiger partial charge in [-0.2, -0.15) is 0 Å². The quantitative estimate of drug-likeness (QED) is 0.755. The Balaban J connectivity index is 1.38. The minimum Gasteiger partial charge on any atom is -0.338 e. The number of fused-ring (bicyclic) bond motifs is 2. The summed E-state index contributed by atoms with van der Waals surface area (Å²) in [5, 5.41) is 0. The van der Waals surface area contributed by atoms with Crippen molar-refractivity contribution in [3.05, 3.63) is 64.5 Å². The summed E-state index contributed by atoms with van der Waals surface area (Å²) in [5.74, 6) is 0.829. The molecule has 0 radical (unpaired) electrons. The van der Waals surface area contributed by atoms with Crippen LogP contribution >= 0.6 is 0 Å². The predicted molar refractivity (Wildman–Crippen MR) is 101 cm³/mol. The molecule has 3 aromatic heterocycles.